The Kier molecular flexibility index (Phi) is 7.06. The minimum Gasteiger partial charge on any atom is -0.497 e. The highest BCUT2D eigenvalue weighted by Crippen LogP contribution is 2.25. The van der Waals surface area contributed by atoms with E-state index in [0.29, 0.717) is 50.6 Å². The van der Waals surface area contributed by atoms with Crippen LogP contribution in [-0.2, 0) is 20.9 Å². The lowest BCUT2D eigenvalue weighted by atomic mass is 9.96. The highest BCUT2D eigenvalue weighted by atomic mass is 16.5. The topological polar surface area (TPSA) is 77.1 Å². The van der Waals surface area contributed by atoms with E-state index in [4.69, 9.17) is 14.2 Å². The first-order valence-corrected chi connectivity index (χ1v) is 8.34. The van der Waals surface area contributed by atoms with Crippen LogP contribution < -0.4 is 14.8 Å². The maximum atomic E-state index is 12.5. The maximum absolute atomic E-state index is 12.5. The van der Waals surface area contributed by atoms with Crippen molar-refractivity contribution >= 4 is 11.8 Å². The molecular weight excluding hydrogens is 324 g/mol. The summed E-state index contributed by atoms with van der Waals surface area (Å²) >= 11 is 0. The number of hydrogen-bond acceptors (Lipinski definition) is 5. The molecular formula is C18H26N2O5. The second-order valence-electron chi connectivity index (χ2n) is 5.96. The Bertz CT molecular complexity index is 605. The number of ether oxygens (including phenoxy) is 3. The Hall–Kier alpha value is -2.28. The van der Waals surface area contributed by atoms with E-state index in [1.165, 1.54) is 0 Å². The molecule has 1 fully saturated rings. The van der Waals surface area contributed by atoms with Crippen molar-refractivity contribution in [3.05, 3.63) is 23.8 Å². The molecule has 1 atom stereocenters. The molecule has 0 aliphatic carbocycles. The molecule has 1 aromatic carbocycles. The lowest BCUT2D eigenvalue weighted by Crippen LogP contribution is -2.46. The van der Waals surface area contributed by atoms with Gasteiger partial charge in [-0.05, 0) is 18.6 Å². The van der Waals surface area contributed by atoms with E-state index >= 15 is 0 Å². The van der Waals surface area contributed by atoms with E-state index < -0.39 is 0 Å². The van der Waals surface area contributed by atoms with E-state index in [-0.39, 0.29) is 17.7 Å². The number of hydrogen-bond donors (Lipinski definition) is 1. The fourth-order valence-corrected chi connectivity index (χ4v) is 2.87. The number of carbonyl (C=O) groups excluding carboxylic acids is 2. The van der Waals surface area contributed by atoms with Crippen molar-refractivity contribution in [3.63, 3.8) is 0 Å². The first-order chi connectivity index (χ1) is 12.1. The summed E-state index contributed by atoms with van der Waals surface area (Å²) in [6, 6.07) is 5.48. The number of methoxy groups -OCH3 is 3. The lowest BCUT2D eigenvalue weighted by molar-refractivity contribution is -0.138. The second kappa shape index (κ2) is 9.27. The average molecular weight is 350 g/mol. The maximum Gasteiger partial charge on any atom is 0.225 e. The van der Waals surface area contributed by atoms with Crippen LogP contribution in [0.1, 0.15) is 18.4 Å². The first-order valence-electron chi connectivity index (χ1n) is 8.34. The molecule has 0 aromatic heterocycles. The zero-order valence-corrected chi connectivity index (χ0v) is 15.0. The SMILES string of the molecule is COCCN1C[C@H](C(=O)NCc2ccc(OC)cc2OC)CCC1=O. The number of nitrogens with zero attached hydrogens (tertiary/aromatic N) is 1. The lowest BCUT2D eigenvalue weighted by Gasteiger charge is -2.31. The van der Waals surface area contributed by atoms with E-state index in [2.05, 4.69) is 5.32 Å². The summed E-state index contributed by atoms with van der Waals surface area (Å²) in [5.74, 6) is 1.20. The molecule has 138 valence electrons. The van der Waals surface area contributed by atoms with Gasteiger partial charge in [0.05, 0.1) is 26.7 Å². The van der Waals surface area contributed by atoms with Crippen molar-refractivity contribution in [1.29, 1.82) is 0 Å². The summed E-state index contributed by atoms with van der Waals surface area (Å²) in [5.41, 5.74) is 0.875. The molecule has 2 amide bonds. The Morgan fingerprint density at radius 1 is 1.28 bits per heavy atom. The van der Waals surface area contributed by atoms with Gasteiger partial charge in [0.2, 0.25) is 11.8 Å². The van der Waals surface area contributed by atoms with Crippen LogP contribution in [0.2, 0.25) is 0 Å². The standard InChI is InChI=1S/C18H26N2O5/c1-23-9-8-20-12-14(5-7-17(20)21)18(22)19-11-13-4-6-15(24-2)10-16(13)25-3/h4,6,10,14H,5,7-9,11-12H2,1-3H3,(H,19,22)/t14-/m1/s1. The number of amides is 2. The van der Waals surface area contributed by atoms with Crippen molar-refractivity contribution in [1.82, 2.24) is 10.2 Å². The number of nitrogens with one attached hydrogen (secondary N) is 1. The van der Waals surface area contributed by atoms with Crippen LogP contribution in [0.4, 0.5) is 0 Å². The molecule has 1 aliphatic heterocycles. The molecule has 1 N–H and O–H groups in total. The highest BCUT2D eigenvalue weighted by Gasteiger charge is 2.29. The number of piperidine rings is 1. The molecule has 0 radical (unpaired) electrons. The van der Waals surface area contributed by atoms with Crippen LogP contribution >= 0.6 is 0 Å². The van der Waals surface area contributed by atoms with Gasteiger partial charge in [0, 0.05) is 44.8 Å². The van der Waals surface area contributed by atoms with Gasteiger partial charge in [0.25, 0.3) is 0 Å². The van der Waals surface area contributed by atoms with Gasteiger partial charge in [0.15, 0.2) is 0 Å². The van der Waals surface area contributed by atoms with Crippen molar-refractivity contribution in [3.8, 4) is 11.5 Å². The summed E-state index contributed by atoms with van der Waals surface area (Å²) in [6.45, 7) is 1.80. The summed E-state index contributed by atoms with van der Waals surface area (Å²) in [4.78, 5) is 26.1. The van der Waals surface area contributed by atoms with E-state index in [1.807, 2.05) is 12.1 Å². The Morgan fingerprint density at radius 2 is 2.08 bits per heavy atom. The zero-order valence-electron chi connectivity index (χ0n) is 15.0. The predicted octanol–water partition coefficient (Wildman–Crippen LogP) is 1.21. The molecule has 7 heteroatoms. The van der Waals surface area contributed by atoms with Gasteiger partial charge in [-0.15, -0.1) is 0 Å². The third-order valence-corrected chi connectivity index (χ3v) is 4.38. The smallest absolute Gasteiger partial charge is 0.225 e. The van der Waals surface area contributed by atoms with Crippen LogP contribution in [0.3, 0.4) is 0 Å². The van der Waals surface area contributed by atoms with Gasteiger partial charge in [0.1, 0.15) is 11.5 Å². The predicted molar refractivity (Wildman–Crippen MR) is 92.6 cm³/mol. The summed E-state index contributed by atoms with van der Waals surface area (Å²) in [5, 5.41) is 2.94. The Labute approximate surface area is 148 Å². The van der Waals surface area contributed by atoms with Crippen molar-refractivity contribution in [2.24, 2.45) is 5.92 Å². The minimum absolute atomic E-state index is 0.0483. The molecule has 7 nitrogen and oxygen atoms in total. The number of carbonyl (C=O) groups is 2. The van der Waals surface area contributed by atoms with Gasteiger partial charge in [-0.1, -0.05) is 0 Å². The van der Waals surface area contributed by atoms with Crippen molar-refractivity contribution in [2.45, 2.75) is 19.4 Å². The third kappa shape index (κ3) is 5.09. The largest absolute Gasteiger partial charge is 0.497 e. The molecule has 1 saturated heterocycles. The zero-order chi connectivity index (χ0) is 18.2. The van der Waals surface area contributed by atoms with Gasteiger partial charge in [-0.2, -0.15) is 0 Å². The highest BCUT2D eigenvalue weighted by molar-refractivity contribution is 5.83. The minimum atomic E-state index is -0.196. The second-order valence-corrected chi connectivity index (χ2v) is 5.96. The summed E-state index contributed by atoms with van der Waals surface area (Å²) < 4.78 is 15.5. The van der Waals surface area contributed by atoms with E-state index in [0.717, 1.165) is 5.56 Å². The number of likely N-dealkylation sites (tertiary alicyclic amines) is 1. The molecule has 1 aromatic rings. The van der Waals surface area contributed by atoms with Crippen LogP contribution in [0.25, 0.3) is 0 Å². The van der Waals surface area contributed by atoms with E-state index in [1.54, 1.807) is 32.3 Å². The molecule has 2 rings (SSSR count). The molecule has 0 bridgehead atoms. The van der Waals surface area contributed by atoms with Crippen LogP contribution in [0.15, 0.2) is 18.2 Å². The Balaban J connectivity index is 1.92. The fourth-order valence-electron chi connectivity index (χ4n) is 2.87. The van der Waals surface area contributed by atoms with Crippen molar-refractivity contribution in [2.75, 3.05) is 41.0 Å². The van der Waals surface area contributed by atoms with Crippen LogP contribution in [0.5, 0.6) is 11.5 Å². The molecule has 0 saturated carbocycles. The summed E-state index contributed by atoms with van der Waals surface area (Å²) in [6.07, 6.45) is 0.974. The van der Waals surface area contributed by atoms with E-state index in [9.17, 15) is 9.59 Å². The molecule has 0 unspecified atom stereocenters. The fraction of sp³-hybridized carbons (Fsp3) is 0.556. The number of benzene rings is 1. The average Bonchev–Trinajstić information content (AvgIpc) is 2.65. The van der Waals surface area contributed by atoms with Gasteiger partial charge in [-0.3, -0.25) is 9.59 Å². The Morgan fingerprint density at radius 3 is 2.76 bits per heavy atom. The third-order valence-electron chi connectivity index (χ3n) is 4.38. The molecule has 25 heavy (non-hydrogen) atoms. The molecule has 1 heterocycles. The molecule has 0 spiro atoms. The number of rotatable bonds is 8. The van der Waals surface area contributed by atoms with Gasteiger partial charge in [-0.25, -0.2) is 0 Å². The normalized spacial score (nSPS) is 17.3. The van der Waals surface area contributed by atoms with Crippen LogP contribution in [0, 0.1) is 5.92 Å². The summed E-state index contributed by atoms with van der Waals surface area (Å²) in [7, 11) is 4.78. The molecule has 1 aliphatic rings. The van der Waals surface area contributed by atoms with Gasteiger partial charge >= 0.3 is 0 Å². The van der Waals surface area contributed by atoms with Crippen molar-refractivity contribution < 1.29 is 23.8 Å². The monoisotopic (exact) mass is 350 g/mol. The van der Waals surface area contributed by atoms with Gasteiger partial charge < -0.3 is 24.4 Å². The van der Waals surface area contributed by atoms with Crippen LogP contribution in [-0.4, -0.2) is 57.7 Å². The quantitative estimate of drug-likeness (QED) is 0.762. The first kappa shape index (κ1) is 19.1.